The number of aromatic nitrogens is 2. The first-order valence-electron chi connectivity index (χ1n) is 6.20. The van der Waals surface area contributed by atoms with Gasteiger partial charge in [-0.25, -0.2) is 0 Å². The van der Waals surface area contributed by atoms with Gasteiger partial charge in [0, 0.05) is 27.9 Å². The van der Waals surface area contributed by atoms with E-state index in [9.17, 15) is 0 Å². The molecule has 0 spiro atoms. The third kappa shape index (κ3) is 3.01. The van der Waals surface area contributed by atoms with Gasteiger partial charge in [-0.05, 0) is 40.2 Å². The molecular formula is C15H11BrN4S. The number of fused-ring (bicyclic) bond motifs is 1. The minimum atomic E-state index is 0.277. The predicted octanol–water partition coefficient (Wildman–Crippen LogP) is 3.77. The van der Waals surface area contributed by atoms with Gasteiger partial charge in [-0.3, -0.25) is 9.97 Å². The average Bonchev–Trinajstić information content (AvgIpc) is 2.47. The van der Waals surface area contributed by atoms with Crippen molar-refractivity contribution in [2.24, 2.45) is 5.73 Å². The smallest absolute Gasteiger partial charge is 0.122 e. The van der Waals surface area contributed by atoms with Crippen LogP contribution in [0.1, 0.15) is 5.69 Å². The largest absolute Gasteiger partial charge is 0.388 e. The fraction of sp³-hybridized carbons (Fsp3) is 0. The molecule has 2 aromatic heterocycles. The van der Waals surface area contributed by atoms with Crippen LogP contribution in [0.15, 0.2) is 53.3 Å². The maximum Gasteiger partial charge on any atom is 0.122 e. The van der Waals surface area contributed by atoms with E-state index in [0.717, 1.165) is 26.8 Å². The van der Waals surface area contributed by atoms with E-state index in [4.69, 9.17) is 18.0 Å². The molecule has 0 aliphatic carbocycles. The van der Waals surface area contributed by atoms with Crippen molar-refractivity contribution in [3.63, 3.8) is 0 Å². The second kappa shape index (κ2) is 5.75. The molecule has 6 heteroatoms. The summed E-state index contributed by atoms with van der Waals surface area (Å²) in [5, 5.41) is 4.38. The zero-order valence-corrected chi connectivity index (χ0v) is 13.3. The van der Waals surface area contributed by atoms with E-state index in [1.54, 1.807) is 12.4 Å². The van der Waals surface area contributed by atoms with E-state index < -0.39 is 0 Å². The molecule has 0 atom stereocenters. The highest BCUT2D eigenvalue weighted by molar-refractivity contribution is 9.10. The summed E-state index contributed by atoms with van der Waals surface area (Å²) >= 11 is 8.38. The average molecular weight is 359 g/mol. The molecule has 0 amide bonds. The molecule has 3 rings (SSSR count). The molecule has 0 saturated heterocycles. The van der Waals surface area contributed by atoms with Crippen molar-refractivity contribution >= 4 is 55.4 Å². The summed E-state index contributed by atoms with van der Waals surface area (Å²) in [4.78, 5) is 8.86. The minimum absolute atomic E-state index is 0.277. The first-order valence-corrected chi connectivity index (χ1v) is 7.41. The van der Waals surface area contributed by atoms with Gasteiger partial charge in [0.2, 0.25) is 0 Å². The SMILES string of the molecule is NC(=S)c1cc(Nc2cccc3cc(Br)cnc23)ccn1. The normalized spacial score (nSPS) is 10.5. The van der Waals surface area contributed by atoms with E-state index in [1.165, 1.54) is 0 Å². The molecule has 0 radical (unpaired) electrons. The van der Waals surface area contributed by atoms with Gasteiger partial charge in [-0.15, -0.1) is 0 Å². The molecule has 0 saturated carbocycles. The standard InChI is InChI=1S/C15H11BrN4S/c16-10-6-9-2-1-3-12(14(9)19-8-10)20-11-4-5-18-13(7-11)15(17)21/h1-8H,(H2,17,21)(H,18,20). The maximum absolute atomic E-state index is 5.61. The number of anilines is 2. The molecule has 1 aromatic carbocycles. The topological polar surface area (TPSA) is 63.8 Å². The number of pyridine rings is 2. The highest BCUT2D eigenvalue weighted by atomic mass is 79.9. The van der Waals surface area contributed by atoms with Gasteiger partial charge in [0.25, 0.3) is 0 Å². The van der Waals surface area contributed by atoms with Crippen molar-refractivity contribution in [3.05, 3.63) is 59.0 Å². The van der Waals surface area contributed by atoms with Crippen LogP contribution in [0.4, 0.5) is 11.4 Å². The summed E-state index contributed by atoms with van der Waals surface area (Å²) in [6.07, 6.45) is 3.45. The van der Waals surface area contributed by atoms with Crippen LogP contribution in [-0.2, 0) is 0 Å². The van der Waals surface area contributed by atoms with Crippen molar-refractivity contribution in [1.82, 2.24) is 9.97 Å². The minimum Gasteiger partial charge on any atom is -0.388 e. The number of para-hydroxylation sites is 1. The Hall–Kier alpha value is -2.05. The second-order valence-electron chi connectivity index (χ2n) is 4.45. The summed E-state index contributed by atoms with van der Waals surface area (Å²) in [6.45, 7) is 0. The highest BCUT2D eigenvalue weighted by Gasteiger charge is 2.05. The fourth-order valence-electron chi connectivity index (χ4n) is 2.03. The molecule has 3 N–H and O–H groups in total. The highest BCUT2D eigenvalue weighted by Crippen LogP contribution is 2.26. The molecule has 0 unspecified atom stereocenters. The summed E-state index contributed by atoms with van der Waals surface area (Å²) in [6, 6.07) is 11.7. The number of rotatable bonds is 3. The molecule has 104 valence electrons. The van der Waals surface area contributed by atoms with Crippen LogP contribution in [0.5, 0.6) is 0 Å². The maximum atomic E-state index is 5.61. The van der Waals surface area contributed by atoms with Crippen molar-refractivity contribution < 1.29 is 0 Å². The Balaban J connectivity index is 2.02. The Bertz CT molecular complexity index is 835. The number of hydrogen-bond acceptors (Lipinski definition) is 4. The Morgan fingerprint density at radius 2 is 2.05 bits per heavy atom. The predicted molar refractivity (Wildman–Crippen MR) is 92.9 cm³/mol. The van der Waals surface area contributed by atoms with E-state index in [-0.39, 0.29) is 4.99 Å². The number of nitrogens with two attached hydrogens (primary N) is 1. The van der Waals surface area contributed by atoms with Crippen molar-refractivity contribution in [2.75, 3.05) is 5.32 Å². The zero-order valence-electron chi connectivity index (χ0n) is 10.9. The lowest BCUT2D eigenvalue weighted by Gasteiger charge is -2.10. The lowest BCUT2D eigenvalue weighted by Crippen LogP contribution is -2.11. The monoisotopic (exact) mass is 358 g/mol. The summed E-state index contributed by atoms with van der Waals surface area (Å²) in [7, 11) is 0. The van der Waals surface area contributed by atoms with Crippen LogP contribution in [-0.4, -0.2) is 15.0 Å². The van der Waals surface area contributed by atoms with Crippen LogP contribution in [0.2, 0.25) is 0 Å². The molecule has 0 aliphatic rings. The van der Waals surface area contributed by atoms with Gasteiger partial charge in [0.15, 0.2) is 0 Å². The molecule has 3 aromatic rings. The number of nitrogens with one attached hydrogen (secondary N) is 1. The van der Waals surface area contributed by atoms with Crippen LogP contribution in [0.3, 0.4) is 0 Å². The third-order valence-electron chi connectivity index (χ3n) is 2.97. The fourth-order valence-corrected chi connectivity index (χ4v) is 2.49. The second-order valence-corrected chi connectivity index (χ2v) is 5.81. The summed E-state index contributed by atoms with van der Waals surface area (Å²) in [5.74, 6) is 0. The van der Waals surface area contributed by atoms with Gasteiger partial charge in [-0.2, -0.15) is 0 Å². The van der Waals surface area contributed by atoms with Gasteiger partial charge in [0.05, 0.1) is 16.9 Å². The molecule has 0 fully saturated rings. The first kappa shape index (κ1) is 13.9. The van der Waals surface area contributed by atoms with E-state index in [0.29, 0.717) is 5.69 Å². The van der Waals surface area contributed by atoms with Crippen molar-refractivity contribution in [3.8, 4) is 0 Å². The molecule has 4 nitrogen and oxygen atoms in total. The number of thiocarbonyl (C=S) groups is 1. The third-order valence-corrected chi connectivity index (χ3v) is 3.61. The number of halogens is 1. The van der Waals surface area contributed by atoms with E-state index >= 15 is 0 Å². The van der Waals surface area contributed by atoms with Gasteiger partial charge < -0.3 is 11.1 Å². The Morgan fingerprint density at radius 1 is 1.19 bits per heavy atom. The zero-order chi connectivity index (χ0) is 14.8. The number of hydrogen-bond donors (Lipinski definition) is 2. The van der Waals surface area contributed by atoms with Crippen LogP contribution in [0, 0.1) is 0 Å². The van der Waals surface area contributed by atoms with E-state index in [1.807, 2.05) is 36.4 Å². The summed E-state index contributed by atoms with van der Waals surface area (Å²) < 4.78 is 0.951. The quantitative estimate of drug-likeness (QED) is 0.697. The first-order chi connectivity index (χ1) is 10.1. The van der Waals surface area contributed by atoms with Gasteiger partial charge in [-0.1, -0.05) is 24.4 Å². The van der Waals surface area contributed by atoms with Crippen LogP contribution in [0.25, 0.3) is 10.9 Å². The van der Waals surface area contributed by atoms with Crippen molar-refractivity contribution in [2.45, 2.75) is 0 Å². The summed E-state index contributed by atoms with van der Waals surface area (Å²) in [5.41, 5.74) is 8.88. The van der Waals surface area contributed by atoms with Crippen LogP contribution >= 0.6 is 28.1 Å². The molecule has 21 heavy (non-hydrogen) atoms. The molecule has 0 aliphatic heterocycles. The van der Waals surface area contributed by atoms with Crippen LogP contribution < -0.4 is 11.1 Å². The number of benzene rings is 1. The molecule has 0 bridgehead atoms. The van der Waals surface area contributed by atoms with Gasteiger partial charge >= 0.3 is 0 Å². The van der Waals surface area contributed by atoms with Crippen molar-refractivity contribution in [1.29, 1.82) is 0 Å². The lowest BCUT2D eigenvalue weighted by molar-refractivity contribution is 1.29. The Labute approximate surface area is 135 Å². The number of nitrogens with zero attached hydrogens (tertiary/aromatic N) is 2. The Morgan fingerprint density at radius 3 is 2.86 bits per heavy atom. The molecule has 2 heterocycles. The molecular weight excluding hydrogens is 348 g/mol. The lowest BCUT2D eigenvalue weighted by atomic mass is 10.2. The van der Waals surface area contributed by atoms with E-state index in [2.05, 4.69) is 31.2 Å². The van der Waals surface area contributed by atoms with Gasteiger partial charge in [0.1, 0.15) is 4.99 Å². The Kier molecular flexibility index (Phi) is 3.81.